The van der Waals surface area contributed by atoms with Crippen molar-refractivity contribution in [3.63, 3.8) is 0 Å². The molecule has 0 saturated carbocycles. The minimum atomic E-state index is -5.08. The van der Waals surface area contributed by atoms with E-state index in [2.05, 4.69) is 5.10 Å². The number of nitrogens with one attached hydrogen (secondary N) is 1. The summed E-state index contributed by atoms with van der Waals surface area (Å²) < 4.78 is 37.0. The minimum absolute atomic E-state index is 0.266. The lowest BCUT2D eigenvalue weighted by Gasteiger charge is -2.05. The molecule has 0 aromatic carbocycles. The van der Waals surface area contributed by atoms with Crippen molar-refractivity contribution in [2.24, 2.45) is 0 Å². The van der Waals surface area contributed by atoms with Gasteiger partial charge in [-0.2, -0.15) is 18.3 Å². The average molecular weight is 251 g/mol. The number of rotatable bonds is 3. The van der Waals surface area contributed by atoms with Crippen LogP contribution in [-0.2, 0) is 11.3 Å². The molecule has 0 bridgehead atoms. The molecule has 0 fully saturated rings. The number of nitrogens with zero attached hydrogens (tertiary/aromatic N) is 2. The number of carbonyl (C=O) groups excluding carboxylic acids is 1. The fraction of sp³-hybridized carbons (Fsp3) is 0.375. The van der Waals surface area contributed by atoms with Gasteiger partial charge in [0.2, 0.25) is 0 Å². The first-order valence-corrected chi connectivity index (χ1v) is 4.44. The van der Waals surface area contributed by atoms with Crippen LogP contribution in [0.2, 0.25) is 0 Å². The van der Waals surface area contributed by atoms with E-state index in [-0.39, 0.29) is 6.54 Å². The molecule has 0 aliphatic heterocycles. The molecule has 9 heteroatoms. The summed E-state index contributed by atoms with van der Waals surface area (Å²) in [7, 11) is 0. The second-order valence-electron chi connectivity index (χ2n) is 3.00. The lowest BCUT2D eigenvalue weighted by Crippen LogP contribution is -2.30. The number of aromatic nitrogens is 2. The Balaban J connectivity index is 3.01. The first kappa shape index (κ1) is 13.0. The first-order chi connectivity index (χ1) is 7.75. The van der Waals surface area contributed by atoms with Crippen LogP contribution in [-0.4, -0.2) is 32.9 Å². The summed E-state index contributed by atoms with van der Waals surface area (Å²) in [6.45, 7) is 1.89. The molecule has 0 unspecified atom stereocenters. The zero-order valence-corrected chi connectivity index (χ0v) is 8.58. The first-order valence-electron chi connectivity index (χ1n) is 4.44. The maximum absolute atomic E-state index is 12.0. The van der Waals surface area contributed by atoms with Gasteiger partial charge >= 0.3 is 18.1 Å². The van der Waals surface area contributed by atoms with Gasteiger partial charge in [0, 0.05) is 12.7 Å². The molecule has 1 aromatic heterocycles. The Morgan fingerprint density at radius 2 is 2.12 bits per heavy atom. The average Bonchev–Trinajstić information content (AvgIpc) is 2.59. The predicted octanol–water partition coefficient (Wildman–Crippen LogP) is 1.10. The second-order valence-corrected chi connectivity index (χ2v) is 3.00. The summed E-state index contributed by atoms with van der Waals surface area (Å²) >= 11 is 0. The maximum Gasteiger partial charge on any atom is 0.471 e. The summed E-state index contributed by atoms with van der Waals surface area (Å²) in [4.78, 5) is 21.3. The molecule has 0 saturated heterocycles. The van der Waals surface area contributed by atoms with E-state index in [1.807, 2.05) is 0 Å². The van der Waals surface area contributed by atoms with Crippen LogP contribution in [0.25, 0.3) is 0 Å². The smallest absolute Gasteiger partial charge is 0.471 e. The number of halogens is 3. The fourth-order valence-corrected chi connectivity index (χ4v) is 1.03. The van der Waals surface area contributed by atoms with E-state index in [1.54, 1.807) is 6.92 Å². The molecule has 0 aliphatic rings. The molecule has 6 nitrogen and oxygen atoms in total. The Hall–Kier alpha value is -2.06. The topological polar surface area (TPSA) is 84.2 Å². The molecule has 1 heterocycles. The highest BCUT2D eigenvalue weighted by molar-refractivity contribution is 6.00. The van der Waals surface area contributed by atoms with Gasteiger partial charge in [-0.25, -0.2) is 4.79 Å². The molecule has 2 N–H and O–H groups in total. The van der Waals surface area contributed by atoms with Crippen LogP contribution in [0.4, 0.5) is 18.9 Å². The third-order valence-corrected chi connectivity index (χ3v) is 1.79. The summed E-state index contributed by atoms with van der Waals surface area (Å²) in [6.07, 6.45) is -4.06. The summed E-state index contributed by atoms with van der Waals surface area (Å²) in [6, 6.07) is 0. The Morgan fingerprint density at radius 3 is 2.53 bits per heavy atom. The second kappa shape index (κ2) is 4.44. The number of aromatic carboxylic acids is 1. The molecule has 0 spiro atoms. The highest BCUT2D eigenvalue weighted by atomic mass is 19.4. The number of hydrogen-bond donors (Lipinski definition) is 2. The maximum atomic E-state index is 12.0. The Labute approximate surface area is 93.0 Å². The minimum Gasteiger partial charge on any atom is -0.476 e. The fourth-order valence-electron chi connectivity index (χ4n) is 1.03. The van der Waals surface area contributed by atoms with Gasteiger partial charge in [0.15, 0.2) is 5.69 Å². The van der Waals surface area contributed by atoms with Crippen LogP contribution >= 0.6 is 0 Å². The number of amides is 1. The van der Waals surface area contributed by atoms with Crippen molar-refractivity contribution in [3.05, 3.63) is 11.9 Å². The van der Waals surface area contributed by atoms with Gasteiger partial charge in [0.25, 0.3) is 0 Å². The van der Waals surface area contributed by atoms with Gasteiger partial charge in [0.1, 0.15) is 0 Å². The van der Waals surface area contributed by atoms with E-state index in [4.69, 9.17) is 5.11 Å². The van der Waals surface area contributed by atoms with Gasteiger partial charge in [-0.15, -0.1) is 0 Å². The van der Waals surface area contributed by atoms with Crippen molar-refractivity contribution in [2.45, 2.75) is 19.6 Å². The normalized spacial score (nSPS) is 11.3. The Kier molecular flexibility index (Phi) is 3.39. The Bertz CT molecular complexity index is 453. The lowest BCUT2D eigenvalue weighted by atomic mass is 10.3. The molecule has 1 rings (SSSR count). The highest BCUT2D eigenvalue weighted by Crippen LogP contribution is 2.20. The van der Waals surface area contributed by atoms with Gasteiger partial charge in [-0.05, 0) is 6.92 Å². The van der Waals surface area contributed by atoms with Crippen LogP contribution < -0.4 is 5.32 Å². The summed E-state index contributed by atoms with van der Waals surface area (Å²) in [5, 5.41) is 13.6. The van der Waals surface area contributed by atoms with Gasteiger partial charge in [-0.1, -0.05) is 0 Å². The predicted molar refractivity (Wildman–Crippen MR) is 49.5 cm³/mol. The van der Waals surface area contributed by atoms with Crippen LogP contribution in [0.1, 0.15) is 17.4 Å². The summed E-state index contributed by atoms with van der Waals surface area (Å²) in [5.74, 6) is -3.76. The standard InChI is InChI=1S/C8H8F3N3O3/c1-2-14-3-4(5(13-14)6(15)16)12-7(17)8(9,10)11/h3H,2H2,1H3,(H,12,17)(H,15,16). The molecule has 1 amide bonds. The molecule has 1 aromatic rings. The van der Waals surface area contributed by atoms with Gasteiger partial charge < -0.3 is 10.4 Å². The number of aryl methyl sites for hydroxylation is 1. The van der Waals surface area contributed by atoms with E-state index < -0.39 is 29.4 Å². The third-order valence-electron chi connectivity index (χ3n) is 1.79. The van der Waals surface area contributed by atoms with Crippen LogP contribution in [0.5, 0.6) is 0 Å². The molecule has 94 valence electrons. The summed E-state index contributed by atoms with van der Waals surface area (Å²) in [5.41, 5.74) is -1.12. The van der Waals surface area contributed by atoms with Crippen molar-refractivity contribution in [2.75, 3.05) is 5.32 Å². The number of carbonyl (C=O) groups is 2. The van der Waals surface area contributed by atoms with E-state index in [9.17, 15) is 22.8 Å². The third kappa shape index (κ3) is 2.95. The SMILES string of the molecule is CCn1cc(NC(=O)C(F)(F)F)c(C(=O)O)n1. The van der Waals surface area contributed by atoms with Crippen molar-refractivity contribution in [1.82, 2.24) is 9.78 Å². The van der Waals surface area contributed by atoms with Crippen LogP contribution in [0.15, 0.2) is 6.20 Å². The molecule has 0 aliphatic carbocycles. The quantitative estimate of drug-likeness (QED) is 0.842. The largest absolute Gasteiger partial charge is 0.476 e. The lowest BCUT2D eigenvalue weighted by molar-refractivity contribution is -0.167. The molecule has 17 heavy (non-hydrogen) atoms. The zero-order chi connectivity index (χ0) is 13.2. The molecular weight excluding hydrogens is 243 g/mol. The number of anilines is 1. The molecular formula is C8H8F3N3O3. The number of hydrogen-bond acceptors (Lipinski definition) is 3. The molecule has 0 atom stereocenters. The van der Waals surface area contributed by atoms with E-state index >= 15 is 0 Å². The monoisotopic (exact) mass is 251 g/mol. The van der Waals surface area contributed by atoms with Crippen molar-refractivity contribution in [1.29, 1.82) is 0 Å². The van der Waals surface area contributed by atoms with Crippen LogP contribution in [0.3, 0.4) is 0 Å². The van der Waals surface area contributed by atoms with Crippen LogP contribution in [0, 0.1) is 0 Å². The van der Waals surface area contributed by atoms with E-state index in [0.717, 1.165) is 10.9 Å². The van der Waals surface area contributed by atoms with Gasteiger partial charge in [0.05, 0.1) is 5.69 Å². The van der Waals surface area contributed by atoms with Crippen molar-refractivity contribution < 1.29 is 27.9 Å². The number of carboxylic acids is 1. The highest BCUT2D eigenvalue weighted by Gasteiger charge is 2.39. The Morgan fingerprint density at radius 1 is 1.53 bits per heavy atom. The van der Waals surface area contributed by atoms with Crippen molar-refractivity contribution >= 4 is 17.6 Å². The number of carboxylic acid groups (broad SMARTS) is 1. The number of alkyl halides is 3. The molecule has 0 radical (unpaired) electrons. The van der Waals surface area contributed by atoms with E-state index in [0.29, 0.717) is 0 Å². The van der Waals surface area contributed by atoms with Gasteiger partial charge in [-0.3, -0.25) is 9.48 Å². The van der Waals surface area contributed by atoms with E-state index in [1.165, 1.54) is 5.32 Å². The zero-order valence-electron chi connectivity index (χ0n) is 8.58. The van der Waals surface area contributed by atoms with Crippen molar-refractivity contribution in [3.8, 4) is 0 Å².